The fourth-order valence-electron chi connectivity index (χ4n) is 2.60. The minimum absolute atomic E-state index is 0. The molecule has 0 saturated carbocycles. The summed E-state index contributed by atoms with van der Waals surface area (Å²) in [6.45, 7) is 12.6. The first kappa shape index (κ1) is 21.2. The van der Waals surface area contributed by atoms with Gasteiger partial charge in [0, 0.05) is 32.2 Å². The first-order valence-corrected chi connectivity index (χ1v) is 8.58. The lowest BCUT2D eigenvalue weighted by molar-refractivity contribution is 0.0211. The van der Waals surface area contributed by atoms with E-state index in [0.29, 0.717) is 12.6 Å². The molecule has 1 fully saturated rings. The van der Waals surface area contributed by atoms with E-state index in [2.05, 4.69) is 65.6 Å². The van der Waals surface area contributed by atoms with Crippen LogP contribution in [0.4, 0.5) is 0 Å². The minimum Gasteiger partial charge on any atom is -0.379 e. The van der Waals surface area contributed by atoms with Gasteiger partial charge in [-0.3, -0.25) is 4.90 Å². The van der Waals surface area contributed by atoms with Crippen LogP contribution in [0.25, 0.3) is 0 Å². The summed E-state index contributed by atoms with van der Waals surface area (Å²) in [7, 11) is 0. The lowest BCUT2D eigenvalue weighted by Gasteiger charge is -2.32. The fraction of sp³-hybridized carbons (Fsp3) is 0.611. The fourth-order valence-corrected chi connectivity index (χ4v) is 2.60. The number of nitrogens with one attached hydrogen (secondary N) is 2. The number of hydrogen-bond acceptors (Lipinski definition) is 3. The van der Waals surface area contributed by atoms with Crippen molar-refractivity contribution in [1.82, 2.24) is 15.5 Å². The molecule has 1 aromatic carbocycles. The molecule has 0 aliphatic carbocycles. The summed E-state index contributed by atoms with van der Waals surface area (Å²) in [6, 6.07) is 9.01. The SMILES string of the molecule is CCNC(=NCc1ccc(C)cc1)NCC(C)N1CCOCC1.I. The molecule has 1 aromatic rings. The smallest absolute Gasteiger partial charge is 0.191 e. The van der Waals surface area contributed by atoms with Crippen LogP contribution < -0.4 is 10.6 Å². The van der Waals surface area contributed by atoms with Crippen LogP contribution in [0, 0.1) is 6.92 Å². The summed E-state index contributed by atoms with van der Waals surface area (Å²) in [5, 5.41) is 6.77. The minimum atomic E-state index is 0. The first-order chi connectivity index (χ1) is 11.2. The van der Waals surface area contributed by atoms with E-state index in [1.807, 2.05) is 0 Å². The van der Waals surface area contributed by atoms with Gasteiger partial charge in [0.1, 0.15) is 0 Å². The Hall–Kier alpha value is -0.860. The van der Waals surface area contributed by atoms with Crippen molar-refractivity contribution in [2.75, 3.05) is 39.4 Å². The lowest BCUT2D eigenvalue weighted by Crippen LogP contribution is -2.49. The number of hydrogen-bond donors (Lipinski definition) is 2. The van der Waals surface area contributed by atoms with Gasteiger partial charge in [-0.2, -0.15) is 0 Å². The Morgan fingerprint density at radius 1 is 1.21 bits per heavy atom. The Balaban J connectivity index is 0.00000288. The van der Waals surface area contributed by atoms with Crippen LogP contribution >= 0.6 is 24.0 Å². The maximum Gasteiger partial charge on any atom is 0.191 e. The summed E-state index contributed by atoms with van der Waals surface area (Å²) < 4.78 is 5.41. The third-order valence-corrected chi connectivity index (χ3v) is 4.12. The molecule has 1 saturated heterocycles. The second kappa shape index (κ2) is 11.7. The molecule has 0 amide bonds. The van der Waals surface area contributed by atoms with Crippen molar-refractivity contribution in [3.8, 4) is 0 Å². The molecule has 2 N–H and O–H groups in total. The lowest BCUT2D eigenvalue weighted by atomic mass is 10.1. The summed E-state index contributed by atoms with van der Waals surface area (Å²) in [5.41, 5.74) is 2.51. The van der Waals surface area contributed by atoms with Gasteiger partial charge < -0.3 is 15.4 Å². The molecule has 1 aliphatic rings. The van der Waals surface area contributed by atoms with Crippen LogP contribution in [0.5, 0.6) is 0 Å². The van der Waals surface area contributed by atoms with Crippen molar-refractivity contribution in [2.24, 2.45) is 4.99 Å². The highest BCUT2D eigenvalue weighted by Crippen LogP contribution is 2.05. The molecule has 0 bridgehead atoms. The molecule has 1 atom stereocenters. The number of aliphatic imine (C=N–C) groups is 1. The molecule has 136 valence electrons. The summed E-state index contributed by atoms with van der Waals surface area (Å²) in [6.07, 6.45) is 0. The molecule has 1 heterocycles. The Kier molecular flexibility index (Phi) is 10.3. The molecule has 0 radical (unpaired) electrons. The van der Waals surface area contributed by atoms with Crippen LogP contribution in [0.15, 0.2) is 29.3 Å². The van der Waals surface area contributed by atoms with Gasteiger partial charge >= 0.3 is 0 Å². The number of morpholine rings is 1. The summed E-state index contributed by atoms with van der Waals surface area (Å²) in [4.78, 5) is 7.14. The maximum absolute atomic E-state index is 5.41. The van der Waals surface area contributed by atoms with Crippen molar-refractivity contribution in [3.05, 3.63) is 35.4 Å². The molecule has 24 heavy (non-hydrogen) atoms. The van der Waals surface area contributed by atoms with E-state index < -0.39 is 0 Å². The summed E-state index contributed by atoms with van der Waals surface area (Å²) in [5.74, 6) is 0.883. The molecule has 2 rings (SSSR count). The monoisotopic (exact) mass is 446 g/mol. The van der Waals surface area contributed by atoms with E-state index >= 15 is 0 Å². The number of aryl methyl sites for hydroxylation is 1. The van der Waals surface area contributed by atoms with Crippen molar-refractivity contribution in [1.29, 1.82) is 0 Å². The second-order valence-corrected chi connectivity index (χ2v) is 6.06. The molecule has 1 aliphatic heterocycles. The van der Waals surface area contributed by atoms with Crippen molar-refractivity contribution in [2.45, 2.75) is 33.4 Å². The van der Waals surface area contributed by atoms with Gasteiger partial charge in [-0.1, -0.05) is 29.8 Å². The Morgan fingerprint density at radius 2 is 1.88 bits per heavy atom. The highest BCUT2D eigenvalue weighted by atomic mass is 127. The zero-order valence-corrected chi connectivity index (χ0v) is 17.4. The van der Waals surface area contributed by atoms with Gasteiger partial charge in [0.25, 0.3) is 0 Å². The van der Waals surface area contributed by atoms with E-state index in [4.69, 9.17) is 4.74 Å². The van der Waals surface area contributed by atoms with Crippen LogP contribution in [-0.4, -0.2) is 56.3 Å². The van der Waals surface area contributed by atoms with Crippen molar-refractivity contribution < 1.29 is 4.74 Å². The number of halogens is 1. The molecule has 5 nitrogen and oxygen atoms in total. The van der Waals surface area contributed by atoms with Crippen LogP contribution in [0.1, 0.15) is 25.0 Å². The van der Waals surface area contributed by atoms with Gasteiger partial charge in [-0.05, 0) is 26.3 Å². The van der Waals surface area contributed by atoms with Gasteiger partial charge in [-0.25, -0.2) is 4.99 Å². The normalized spacial score (nSPS) is 17.0. The van der Waals surface area contributed by atoms with Gasteiger partial charge in [0.05, 0.1) is 19.8 Å². The largest absolute Gasteiger partial charge is 0.379 e. The highest BCUT2D eigenvalue weighted by Gasteiger charge is 2.16. The topological polar surface area (TPSA) is 48.9 Å². The maximum atomic E-state index is 5.41. The average Bonchev–Trinajstić information content (AvgIpc) is 2.59. The third kappa shape index (κ3) is 7.36. The number of ether oxygens (including phenoxy) is 1. The van der Waals surface area contributed by atoms with E-state index in [0.717, 1.165) is 45.4 Å². The number of guanidine groups is 1. The molecule has 6 heteroatoms. The first-order valence-electron chi connectivity index (χ1n) is 8.58. The number of nitrogens with zero attached hydrogens (tertiary/aromatic N) is 2. The van der Waals surface area contributed by atoms with Gasteiger partial charge in [-0.15, -0.1) is 24.0 Å². The van der Waals surface area contributed by atoms with E-state index in [-0.39, 0.29) is 24.0 Å². The molecule has 0 spiro atoms. The number of benzene rings is 1. The van der Waals surface area contributed by atoms with Crippen molar-refractivity contribution >= 4 is 29.9 Å². The second-order valence-electron chi connectivity index (χ2n) is 6.06. The van der Waals surface area contributed by atoms with Crippen LogP contribution in [0.3, 0.4) is 0 Å². The molecule has 1 unspecified atom stereocenters. The van der Waals surface area contributed by atoms with Crippen LogP contribution in [0.2, 0.25) is 0 Å². The predicted molar refractivity (Wildman–Crippen MR) is 111 cm³/mol. The van der Waals surface area contributed by atoms with Crippen LogP contribution in [-0.2, 0) is 11.3 Å². The summed E-state index contributed by atoms with van der Waals surface area (Å²) >= 11 is 0. The molecular formula is C18H31IN4O. The predicted octanol–water partition coefficient (Wildman–Crippen LogP) is 2.39. The third-order valence-electron chi connectivity index (χ3n) is 4.12. The zero-order valence-electron chi connectivity index (χ0n) is 15.0. The Bertz CT molecular complexity index is 486. The van der Waals surface area contributed by atoms with E-state index in [1.54, 1.807) is 0 Å². The zero-order chi connectivity index (χ0) is 16.5. The van der Waals surface area contributed by atoms with E-state index in [1.165, 1.54) is 11.1 Å². The van der Waals surface area contributed by atoms with Gasteiger partial charge in [0.2, 0.25) is 0 Å². The Morgan fingerprint density at radius 3 is 2.50 bits per heavy atom. The Labute approximate surface area is 163 Å². The highest BCUT2D eigenvalue weighted by molar-refractivity contribution is 14.0. The quantitative estimate of drug-likeness (QED) is 0.401. The van der Waals surface area contributed by atoms with E-state index in [9.17, 15) is 0 Å². The molecule has 0 aromatic heterocycles. The standard InChI is InChI=1S/C18H30N4O.HI/c1-4-19-18(21-14-17-7-5-15(2)6-8-17)20-13-16(3)22-9-11-23-12-10-22;/h5-8,16H,4,9-14H2,1-3H3,(H2,19,20,21);1H. The molecular weight excluding hydrogens is 415 g/mol. The average molecular weight is 446 g/mol. The number of rotatable bonds is 6. The van der Waals surface area contributed by atoms with Gasteiger partial charge in [0.15, 0.2) is 5.96 Å². The van der Waals surface area contributed by atoms with Crippen molar-refractivity contribution in [3.63, 3.8) is 0 Å².